The zero-order chi connectivity index (χ0) is 9.54. The molecule has 80 valence electrons. The second-order valence-corrected chi connectivity index (χ2v) is 3.60. The lowest BCUT2D eigenvalue weighted by molar-refractivity contribution is 0.415. The van der Waals surface area contributed by atoms with Gasteiger partial charge >= 0.3 is 0 Å². The summed E-state index contributed by atoms with van der Waals surface area (Å²) in [6.07, 6.45) is 0. The quantitative estimate of drug-likeness (QED) is 0.779. The lowest BCUT2D eigenvalue weighted by atomic mass is 10.1. The van der Waals surface area contributed by atoms with E-state index in [1.54, 1.807) is 7.11 Å². The molecule has 0 unspecified atom stereocenters. The third kappa shape index (κ3) is 1.48. The summed E-state index contributed by atoms with van der Waals surface area (Å²) in [5, 5.41) is 4.61. The number of aromatic amines is 1. The van der Waals surface area contributed by atoms with E-state index in [1.165, 1.54) is 22.2 Å². The molecule has 0 fully saturated rings. The molecule has 1 aliphatic rings. The molecule has 2 heterocycles. The Hall–Kier alpha value is -1.19. The molecule has 0 radical (unpaired) electrons. The molecule has 0 spiro atoms. The number of rotatable bonds is 1. The highest BCUT2D eigenvalue weighted by atomic mass is 35.5. The smallest absolute Gasteiger partial charge is 0.119 e. The van der Waals surface area contributed by atoms with E-state index < -0.39 is 0 Å². The second-order valence-electron chi connectivity index (χ2n) is 3.60. The number of fused-ring (bicyclic) bond motifs is 3. The minimum atomic E-state index is 0. The van der Waals surface area contributed by atoms with E-state index in [4.69, 9.17) is 4.74 Å². The van der Waals surface area contributed by atoms with Crippen molar-refractivity contribution in [2.45, 2.75) is 13.1 Å². The van der Waals surface area contributed by atoms with E-state index in [9.17, 15) is 0 Å². The average Bonchev–Trinajstić information content (AvgIpc) is 2.76. The minimum absolute atomic E-state index is 0. The Morgan fingerprint density at radius 3 is 2.93 bits per heavy atom. The summed E-state index contributed by atoms with van der Waals surface area (Å²) >= 11 is 0. The fourth-order valence-corrected chi connectivity index (χ4v) is 2.07. The van der Waals surface area contributed by atoms with Crippen LogP contribution in [0.5, 0.6) is 5.75 Å². The van der Waals surface area contributed by atoms with Crippen molar-refractivity contribution >= 4 is 23.3 Å². The third-order valence-electron chi connectivity index (χ3n) is 2.81. The number of methoxy groups -OCH3 is 1. The first-order valence-corrected chi connectivity index (χ1v) is 4.76. The summed E-state index contributed by atoms with van der Waals surface area (Å²) in [7, 11) is 1.70. The maximum Gasteiger partial charge on any atom is 0.119 e. The number of H-pyrrole nitrogens is 1. The van der Waals surface area contributed by atoms with E-state index in [0.29, 0.717) is 0 Å². The molecule has 1 aromatic heterocycles. The Kier molecular flexibility index (Phi) is 2.59. The van der Waals surface area contributed by atoms with Crippen molar-refractivity contribution in [2.75, 3.05) is 7.11 Å². The van der Waals surface area contributed by atoms with Gasteiger partial charge in [0.15, 0.2) is 0 Å². The van der Waals surface area contributed by atoms with Crippen molar-refractivity contribution < 1.29 is 4.74 Å². The van der Waals surface area contributed by atoms with Crippen molar-refractivity contribution in [3.8, 4) is 5.75 Å². The van der Waals surface area contributed by atoms with Crippen molar-refractivity contribution in [1.29, 1.82) is 0 Å². The van der Waals surface area contributed by atoms with Gasteiger partial charge in [-0.2, -0.15) is 0 Å². The number of ether oxygens (including phenoxy) is 1. The van der Waals surface area contributed by atoms with Gasteiger partial charge in [-0.1, -0.05) is 0 Å². The molecule has 1 aromatic carbocycles. The average molecular weight is 225 g/mol. The lowest BCUT2D eigenvalue weighted by Gasteiger charge is -2.00. The number of hydrogen-bond donors (Lipinski definition) is 2. The van der Waals surface area contributed by atoms with Crippen LogP contribution in [0.1, 0.15) is 11.3 Å². The number of nitrogens with one attached hydrogen (secondary N) is 2. The third-order valence-corrected chi connectivity index (χ3v) is 2.81. The molecule has 0 atom stereocenters. The van der Waals surface area contributed by atoms with Gasteiger partial charge in [0.25, 0.3) is 0 Å². The Bertz CT molecular complexity index is 493. The SMILES string of the molecule is COc1ccc2[nH]c3c(c2c1)CNC3.Cl. The van der Waals surface area contributed by atoms with Crippen LogP contribution in [0.2, 0.25) is 0 Å². The zero-order valence-electron chi connectivity index (χ0n) is 8.46. The highest BCUT2D eigenvalue weighted by molar-refractivity contribution is 5.86. The predicted molar refractivity (Wildman–Crippen MR) is 62.6 cm³/mol. The second kappa shape index (κ2) is 3.76. The van der Waals surface area contributed by atoms with E-state index >= 15 is 0 Å². The van der Waals surface area contributed by atoms with Gasteiger partial charge in [0.2, 0.25) is 0 Å². The van der Waals surface area contributed by atoms with E-state index in [-0.39, 0.29) is 12.4 Å². The first-order valence-electron chi connectivity index (χ1n) is 4.76. The van der Waals surface area contributed by atoms with Crippen LogP contribution in [-0.4, -0.2) is 12.1 Å². The summed E-state index contributed by atoms with van der Waals surface area (Å²) < 4.78 is 5.22. The molecule has 0 saturated carbocycles. The standard InChI is InChI=1S/C11H12N2O.ClH/c1-14-7-2-3-10-8(4-7)9-5-12-6-11(9)13-10;/h2-4,12-13H,5-6H2,1H3;1H. The molecule has 2 N–H and O–H groups in total. The molecular weight excluding hydrogens is 212 g/mol. The molecule has 1 aliphatic heterocycles. The maximum atomic E-state index is 5.22. The summed E-state index contributed by atoms with van der Waals surface area (Å²) in [6.45, 7) is 1.91. The van der Waals surface area contributed by atoms with Gasteiger partial charge in [-0.05, 0) is 23.8 Å². The van der Waals surface area contributed by atoms with E-state index in [0.717, 1.165) is 18.8 Å². The fraction of sp³-hybridized carbons (Fsp3) is 0.273. The number of aromatic nitrogens is 1. The largest absolute Gasteiger partial charge is 0.497 e. The van der Waals surface area contributed by atoms with Crippen LogP contribution in [0.3, 0.4) is 0 Å². The first kappa shape index (κ1) is 10.3. The summed E-state index contributed by atoms with van der Waals surface area (Å²) in [5.74, 6) is 0.922. The van der Waals surface area contributed by atoms with Gasteiger partial charge in [-0.3, -0.25) is 0 Å². The Morgan fingerprint density at radius 1 is 1.27 bits per heavy atom. The van der Waals surface area contributed by atoms with Crippen molar-refractivity contribution in [3.63, 3.8) is 0 Å². The van der Waals surface area contributed by atoms with Crippen molar-refractivity contribution in [3.05, 3.63) is 29.5 Å². The van der Waals surface area contributed by atoms with Crippen LogP contribution in [0, 0.1) is 0 Å². The van der Waals surface area contributed by atoms with Crippen molar-refractivity contribution in [1.82, 2.24) is 10.3 Å². The Labute approximate surface area is 94.2 Å². The predicted octanol–water partition coefficient (Wildman–Crippen LogP) is 2.20. The highest BCUT2D eigenvalue weighted by Gasteiger charge is 2.16. The number of halogens is 1. The van der Waals surface area contributed by atoms with Gasteiger partial charge in [0.1, 0.15) is 5.75 Å². The number of benzene rings is 1. The summed E-state index contributed by atoms with van der Waals surface area (Å²) in [5.41, 5.74) is 3.91. The van der Waals surface area contributed by atoms with Crippen LogP contribution in [0.15, 0.2) is 18.2 Å². The molecule has 0 amide bonds. The van der Waals surface area contributed by atoms with Gasteiger partial charge < -0.3 is 15.0 Å². The highest BCUT2D eigenvalue weighted by Crippen LogP contribution is 2.28. The van der Waals surface area contributed by atoms with Crippen LogP contribution < -0.4 is 10.1 Å². The van der Waals surface area contributed by atoms with Gasteiger partial charge in [0, 0.05) is 29.7 Å². The molecule has 15 heavy (non-hydrogen) atoms. The van der Waals surface area contributed by atoms with Crippen LogP contribution in [0.25, 0.3) is 10.9 Å². The molecule has 3 rings (SSSR count). The lowest BCUT2D eigenvalue weighted by Crippen LogP contribution is -2.01. The fourth-order valence-electron chi connectivity index (χ4n) is 2.07. The molecule has 0 saturated heterocycles. The Balaban J connectivity index is 0.000000853. The van der Waals surface area contributed by atoms with Gasteiger partial charge in [-0.25, -0.2) is 0 Å². The monoisotopic (exact) mass is 224 g/mol. The van der Waals surface area contributed by atoms with Crippen molar-refractivity contribution in [2.24, 2.45) is 0 Å². The maximum absolute atomic E-state index is 5.22. The van der Waals surface area contributed by atoms with Crippen LogP contribution >= 0.6 is 12.4 Å². The number of hydrogen-bond acceptors (Lipinski definition) is 2. The van der Waals surface area contributed by atoms with Gasteiger partial charge in [0.05, 0.1) is 7.11 Å². The van der Waals surface area contributed by atoms with E-state index in [1.807, 2.05) is 6.07 Å². The molecular formula is C11H13ClN2O. The van der Waals surface area contributed by atoms with Crippen LogP contribution in [0.4, 0.5) is 0 Å². The summed E-state index contributed by atoms with van der Waals surface area (Å²) in [4.78, 5) is 3.41. The van der Waals surface area contributed by atoms with E-state index in [2.05, 4.69) is 22.4 Å². The molecule has 4 heteroatoms. The van der Waals surface area contributed by atoms with Gasteiger partial charge in [-0.15, -0.1) is 12.4 Å². The van der Waals surface area contributed by atoms with Crippen LogP contribution in [-0.2, 0) is 13.1 Å². The first-order chi connectivity index (χ1) is 6.88. The molecule has 3 nitrogen and oxygen atoms in total. The Morgan fingerprint density at radius 2 is 2.13 bits per heavy atom. The zero-order valence-corrected chi connectivity index (χ0v) is 9.28. The molecule has 2 aromatic rings. The molecule has 0 bridgehead atoms. The normalized spacial score (nSPS) is 13.7. The topological polar surface area (TPSA) is 37.0 Å². The minimum Gasteiger partial charge on any atom is -0.497 e. The molecule has 0 aliphatic carbocycles. The summed E-state index contributed by atoms with van der Waals surface area (Å²) in [6, 6.07) is 6.16.